The number of hydrogen-bond acceptors (Lipinski definition) is 2. The lowest BCUT2D eigenvalue weighted by atomic mass is 10.1. The minimum absolute atomic E-state index is 0.134. The van der Waals surface area contributed by atoms with E-state index in [0.29, 0.717) is 5.56 Å². The zero-order valence-electron chi connectivity index (χ0n) is 11.1. The van der Waals surface area contributed by atoms with Crippen molar-refractivity contribution in [1.82, 2.24) is 0 Å². The molecule has 0 aliphatic rings. The summed E-state index contributed by atoms with van der Waals surface area (Å²) in [6, 6.07) is 8.02. The van der Waals surface area contributed by atoms with E-state index >= 15 is 0 Å². The Labute approximate surface area is 120 Å². The van der Waals surface area contributed by atoms with Gasteiger partial charge in [0.25, 0.3) is 0 Å². The highest BCUT2D eigenvalue weighted by atomic mass is 19.1. The van der Waals surface area contributed by atoms with Gasteiger partial charge in [-0.25, -0.2) is 13.6 Å². The Balaban J connectivity index is 2.37. The highest BCUT2D eigenvalue weighted by Gasteiger charge is 2.09. The van der Waals surface area contributed by atoms with E-state index < -0.39 is 17.6 Å². The second-order valence-electron chi connectivity index (χ2n) is 4.39. The second-order valence-corrected chi connectivity index (χ2v) is 4.39. The molecule has 1 N–H and O–H groups in total. The van der Waals surface area contributed by atoms with E-state index in [1.165, 1.54) is 12.1 Å². The first-order chi connectivity index (χ1) is 9.95. The number of hydrogen-bond donors (Lipinski definition) is 1. The first-order valence-electron chi connectivity index (χ1n) is 6.10. The predicted molar refractivity (Wildman–Crippen MR) is 74.3 cm³/mol. The van der Waals surface area contributed by atoms with Crippen LogP contribution in [0.2, 0.25) is 0 Å². The van der Waals surface area contributed by atoms with Crippen molar-refractivity contribution in [1.29, 1.82) is 0 Å². The fourth-order valence-electron chi connectivity index (χ4n) is 1.73. The number of carbonyl (C=O) groups is 1. The van der Waals surface area contributed by atoms with Gasteiger partial charge in [0.1, 0.15) is 11.6 Å². The van der Waals surface area contributed by atoms with Gasteiger partial charge in [-0.2, -0.15) is 0 Å². The van der Waals surface area contributed by atoms with Gasteiger partial charge in [-0.1, -0.05) is 11.6 Å². The van der Waals surface area contributed by atoms with Crippen molar-refractivity contribution in [3.8, 4) is 11.5 Å². The van der Waals surface area contributed by atoms with Crippen molar-refractivity contribution in [3.63, 3.8) is 0 Å². The van der Waals surface area contributed by atoms with Crippen LogP contribution in [0, 0.1) is 18.6 Å². The van der Waals surface area contributed by atoms with Crippen LogP contribution in [0.5, 0.6) is 11.5 Å². The summed E-state index contributed by atoms with van der Waals surface area (Å²) in [5.74, 6) is -2.48. The molecule has 0 amide bonds. The highest BCUT2D eigenvalue weighted by Crippen LogP contribution is 2.29. The third-order valence-electron chi connectivity index (χ3n) is 2.68. The molecular weight excluding hydrogens is 278 g/mol. The molecule has 2 aromatic carbocycles. The number of carboxylic acids is 1. The molecular formula is C16H12F2O3. The van der Waals surface area contributed by atoms with Gasteiger partial charge in [-0.05, 0) is 37.3 Å². The van der Waals surface area contributed by atoms with Gasteiger partial charge in [-0.15, -0.1) is 0 Å². The Morgan fingerprint density at radius 3 is 2.52 bits per heavy atom. The maximum atomic E-state index is 13.6. The zero-order valence-corrected chi connectivity index (χ0v) is 11.1. The lowest BCUT2D eigenvalue weighted by molar-refractivity contribution is -0.131. The molecule has 0 aliphatic carbocycles. The Morgan fingerprint density at radius 2 is 1.86 bits per heavy atom. The topological polar surface area (TPSA) is 46.5 Å². The molecule has 0 aromatic heterocycles. The summed E-state index contributed by atoms with van der Waals surface area (Å²) in [5, 5.41) is 8.67. The second kappa shape index (κ2) is 6.17. The molecule has 21 heavy (non-hydrogen) atoms. The predicted octanol–water partition coefficient (Wildman–Crippen LogP) is 4.16. The molecule has 0 fully saturated rings. The molecule has 3 nitrogen and oxygen atoms in total. The van der Waals surface area contributed by atoms with Crippen LogP contribution < -0.4 is 4.74 Å². The van der Waals surface area contributed by atoms with Crippen LogP contribution in [0.1, 0.15) is 11.1 Å². The molecule has 0 spiro atoms. The summed E-state index contributed by atoms with van der Waals surface area (Å²) in [6.07, 6.45) is 2.31. The zero-order chi connectivity index (χ0) is 15.4. The minimum Gasteiger partial charge on any atom is -0.478 e. The van der Waals surface area contributed by atoms with Crippen molar-refractivity contribution in [2.45, 2.75) is 6.92 Å². The monoisotopic (exact) mass is 290 g/mol. The van der Waals surface area contributed by atoms with Crippen LogP contribution in [0.15, 0.2) is 42.5 Å². The largest absolute Gasteiger partial charge is 0.478 e. The quantitative estimate of drug-likeness (QED) is 0.860. The summed E-state index contributed by atoms with van der Waals surface area (Å²) in [6.45, 7) is 1.83. The molecule has 0 unspecified atom stereocenters. The highest BCUT2D eigenvalue weighted by molar-refractivity contribution is 5.86. The number of halogens is 2. The first kappa shape index (κ1) is 14.7. The van der Waals surface area contributed by atoms with Crippen LogP contribution in [0.3, 0.4) is 0 Å². The van der Waals surface area contributed by atoms with E-state index in [2.05, 4.69) is 0 Å². The van der Waals surface area contributed by atoms with Gasteiger partial charge in [-0.3, -0.25) is 0 Å². The van der Waals surface area contributed by atoms with Crippen LogP contribution in [0.25, 0.3) is 6.08 Å². The number of aliphatic carboxylic acids is 1. The molecule has 0 radical (unpaired) electrons. The minimum atomic E-state index is -1.10. The summed E-state index contributed by atoms with van der Waals surface area (Å²) in [7, 11) is 0. The maximum Gasteiger partial charge on any atom is 0.328 e. The molecule has 0 bridgehead atoms. The Bertz CT molecular complexity index is 709. The van der Waals surface area contributed by atoms with Crippen LogP contribution in [-0.4, -0.2) is 11.1 Å². The van der Waals surface area contributed by atoms with Gasteiger partial charge < -0.3 is 9.84 Å². The van der Waals surface area contributed by atoms with Crippen LogP contribution >= 0.6 is 0 Å². The van der Waals surface area contributed by atoms with Crippen molar-refractivity contribution in [2.24, 2.45) is 0 Å². The van der Waals surface area contributed by atoms with E-state index in [4.69, 9.17) is 9.84 Å². The third-order valence-corrected chi connectivity index (χ3v) is 2.68. The summed E-state index contributed by atoms with van der Waals surface area (Å²) in [4.78, 5) is 10.6. The third kappa shape index (κ3) is 3.89. The Hall–Kier alpha value is -2.69. The summed E-state index contributed by atoms with van der Waals surface area (Å²) >= 11 is 0. The number of rotatable bonds is 4. The Morgan fingerprint density at radius 1 is 1.14 bits per heavy atom. The lowest BCUT2D eigenvalue weighted by Crippen LogP contribution is -1.93. The fourth-order valence-corrected chi connectivity index (χ4v) is 1.73. The van der Waals surface area contributed by atoms with E-state index in [-0.39, 0.29) is 11.5 Å². The van der Waals surface area contributed by atoms with Crippen molar-refractivity contribution < 1.29 is 23.4 Å². The molecule has 0 aliphatic heterocycles. The molecule has 0 atom stereocenters. The molecule has 5 heteroatoms. The summed E-state index contributed by atoms with van der Waals surface area (Å²) < 4.78 is 31.8. The smallest absolute Gasteiger partial charge is 0.328 e. The average Bonchev–Trinajstić information content (AvgIpc) is 2.41. The molecule has 108 valence electrons. The van der Waals surface area contributed by atoms with E-state index in [9.17, 15) is 13.6 Å². The van der Waals surface area contributed by atoms with Gasteiger partial charge in [0.2, 0.25) is 0 Å². The SMILES string of the molecule is Cc1ccc(Oc2ccc(F)cc2F)c(/C=C/C(=O)O)c1. The van der Waals surface area contributed by atoms with Crippen molar-refractivity contribution >= 4 is 12.0 Å². The molecule has 0 saturated carbocycles. The molecule has 2 aromatic rings. The number of carboxylic acid groups (broad SMARTS) is 1. The van der Waals surface area contributed by atoms with Crippen molar-refractivity contribution in [2.75, 3.05) is 0 Å². The van der Waals surface area contributed by atoms with Gasteiger partial charge >= 0.3 is 5.97 Å². The van der Waals surface area contributed by atoms with Crippen molar-refractivity contribution in [3.05, 3.63) is 65.2 Å². The molecule has 0 saturated heterocycles. The van der Waals surface area contributed by atoms with Gasteiger partial charge in [0.05, 0.1) is 0 Å². The summed E-state index contributed by atoms with van der Waals surface area (Å²) in [5.41, 5.74) is 1.38. The average molecular weight is 290 g/mol. The maximum absolute atomic E-state index is 13.6. The lowest BCUT2D eigenvalue weighted by Gasteiger charge is -2.10. The van der Waals surface area contributed by atoms with E-state index in [0.717, 1.165) is 23.8 Å². The number of ether oxygens (including phenoxy) is 1. The van der Waals surface area contributed by atoms with Gasteiger partial charge in [0, 0.05) is 17.7 Å². The first-order valence-corrected chi connectivity index (χ1v) is 6.10. The molecule has 0 heterocycles. The number of aryl methyl sites for hydroxylation is 1. The van der Waals surface area contributed by atoms with E-state index in [1.54, 1.807) is 18.2 Å². The standard InChI is InChI=1S/C16H12F2O3/c1-10-2-5-14(11(8-10)3-7-16(19)20)21-15-6-4-12(17)9-13(15)18/h2-9H,1H3,(H,19,20)/b7-3+. The number of benzene rings is 2. The van der Waals surface area contributed by atoms with E-state index in [1.807, 2.05) is 6.92 Å². The Kier molecular flexibility index (Phi) is 4.33. The van der Waals surface area contributed by atoms with Crippen LogP contribution in [-0.2, 0) is 4.79 Å². The van der Waals surface area contributed by atoms with Crippen LogP contribution in [0.4, 0.5) is 8.78 Å². The fraction of sp³-hybridized carbons (Fsp3) is 0.0625. The van der Waals surface area contributed by atoms with Gasteiger partial charge in [0.15, 0.2) is 11.6 Å². The normalized spacial score (nSPS) is 10.8. The molecule has 2 rings (SSSR count).